The first-order chi connectivity index (χ1) is 14.5. The molecule has 0 bridgehead atoms. The fourth-order valence-electron chi connectivity index (χ4n) is 2.82. The molecule has 4 rings (SSSR count). The highest BCUT2D eigenvalue weighted by Gasteiger charge is 2.17. The Morgan fingerprint density at radius 2 is 1.83 bits per heavy atom. The van der Waals surface area contributed by atoms with Crippen molar-refractivity contribution in [1.29, 1.82) is 0 Å². The second kappa shape index (κ2) is 8.25. The van der Waals surface area contributed by atoms with Crippen molar-refractivity contribution >= 4 is 34.1 Å². The molecule has 1 N–H and O–H groups in total. The van der Waals surface area contributed by atoms with Gasteiger partial charge in [-0.2, -0.15) is 10.2 Å². The molecule has 0 radical (unpaired) electrons. The summed E-state index contributed by atoms with van der Waals surface area (Å²) < 4.78 is 18.4. The number of aromatic nitrogens is 4. The van der Waals surface area contributed by atoms with Crippen LogP contribution in [0.4, 0.5) is 0 Å². The van der Waals surface area contributed by atoms with Gasteiger partial charge in [-0.15, -0.1) is 0 Å². The molecular weight excluding hydrogens is 431 g/mol. The van der Waals surface area contributed by atoms with Crippen LogP contribution in [0.25, 0.3) is 10.9 Å². The van der Waals surface area contributed by atoms with Crippen molar-refractivity contribution in [3.8, 4) is 23.1 Å². The van der Waals surface area contributed by atoms with Crippen molar-refractivity contribution in [2.75, 3.05) is 7.11 Å². The van der Waals surface area contributed by atoms with Crippen molar-refractivity contribution in [2.45, 2.75) is 6.61 Å². The van der Waals surface area contributed by atoms with Crippen molar-refractivity contribution in [1.82, 2.24) is 20.0 Å². The van der Waals surface area contributed by atoms with E-state index in [1.807, 2.05) is 24.3 Å². The number of ether oxygens (including phenoxy) is 3. The van der Waals surface area contributed by atoms with E-state index in [0.717, 1.165) is 11.3 Å². The molecule has 0 aliphatic heterocycles. The number of benzene rings is 2. The molecule has 0 amide bonds. The molecule has 0 saturated heterocycles. The Morgan fingerprint density at radius 3 is 2.57 bits per heavy atom. The molecule has 0 spiro atoms. The van der Waals surface area contributed by atoms with Gasteiger partial charge in [0.1, 0.15) is 18.1 Å². The van der Waals surface area contributed by atoms with Gasteiger partial charge in [0.05, 0.1) is 28.7 Å². The van der Waals surface area contributed by atoms with Gasteiger partial charge >= 0.3 is 0 Å². The van der Waals surface area contributed by atoms with Crippen LogP contribution in [0.15, 0.2) is 47.4 Å². The first-order valence-electron chi connectivity index (χ1n) is 8.79. The van der Waals surface area contributed by atoms with Crippen LogP contribution in [-0.2, 0) is 13.7 Å². The Labute approximate surface area is 180 Å². The van der Waals surface area contributed by atoms with Crippen LogP contribution in [0, 0.1) is 0 Å². The molecule has 8 nitrogen and oxygen atoms in total. The Balaban J connectivity index is 1.61. The first-order valence-corrected chi connectivity index (χ1v) is 9.55. The van der Waals surface area contributed by atoms with Gasteiger partial charge in [0.25, 0.3) is 5.56 Å². The predicted octanol–water partition coefficient (Wildman–Crippen LogP) is 4.34. The van der Waals surface area contributed by atoms with E-state index < -0.39 is 5.56 Å². The molecule has 10 heteroatoms. The van der Waals surface area contributed by atoms with E-state index in [4.69, 9.17) is 37.4 Å². The summed E-state index contributed by atoms with van der Waals surface area (Å²) in [5.41, 5.74) is 0.736. The number of rotatable bonds is 6. The SMILES string of the molecule is COc1ccc(COc2cc(Oc3c4cn[nH]c(=O)c4nn3C)c(Cl)cc2Cl)cc1. The number of hydrogen-bond acceptors (Lipinski definition) is 6. The molecule has 0 saturated carbocycles. The van der Waals surface area contributed by atoms with Gasteiger partial charge in [-0.3, -0.25) is 4.79 Å². The van der Waals surface area contributed by atoms with E-state index in [1.54, 1.807) is 20.2 Å². The maximum Gasteiger partial charge on any atom is 0.292 e. The molecular formula is C20H16Cl2N4O4. The highest BCUT2D eigenvalue weighted by Crippen LogP contribution is 2.39. The smallest absolute Gasteiger partial charge is 0.292 e. The van der Waals surface area contributed by atoms with Crippen LogP contribution in [0.2, 0.25) is 10.0 Å². The molecule has 0 fully saturated rings. The summed E-state index contributed by atoms with van der Waals surface area (Å²) in [6.07, 6.45) is 1.46. The molecule has 30 heavy (non-hydrogen) atoms. The minimum atomic E-state index is -0.413. The third kappa shape index (κ3) is 3.92. The zero-order chi connectivity index (χ0) is 21.3. The summed E-state index contributed by atoms with van der Waals surface area (Å²) in [5.74, 6) is 1.77. The number of H-pyrrole nitrogens is 1. The number of aryl methyl sites for hydroxylation is 1. The molecule has 2 aromatic heterocycles. The third-order valence-corrected chi connectivity index (χ3v) is 4.94. The van der Waals surface area contributed by atoms with Crippen molar-refractivity contribution in [3.05, 3.63) is 68.6 Å². The van der Waals surface area contributed by atoms with E-state index >= 15 is 0 Å². The molecule has 0 aliphatic carbocycles. The molecule has 2 aromatic carbocycles. The zero-order valence-corrected chi connectivity index (χ0v) is 17.5. The van der Waals surface area contributed by atoms with Gasteiger partial charge < -0.3 is 14.2 Å². The van der Waals surface area contributed by atoms with Crippen molar-refractivity contribution in [2.24, 2.45) is 7.05 Å². The highest BCUT2D eigenvalue weighted by molar-refractivity contribution is 6.36. The first kappa shape index (κ1) is 20.1. The van der Waals surface area contributed by atoms with E-state index in [9.17, 15) is 4.79 Å². The maximum absolute atomic E-state index is 11.9. The van der Waals surface area contributed by atoms with Crippen molar-refractivity contribution in [3.63, 3.8) is 0 Å². The van der Waals surface area contributed by atoms with Gasteiger partial charge in [0, 0.05) is 13.1 Å². The second-order valence-corrected chi connectivity index (χ2v) is 7.16. The van der Waals surface area contributed by atoms with Gasteiger partial charge in [0.2, 0.25) is 5.88 Å². The Kier molecular flexibility index (Phi) is 5.52. The average molecular weight is 447 g/mol. The third-order valence-electron chi connectivity index (χ3n) is 4.35. The molecule has 0 atom stereocenters. The minimum Gasteiger partial charge on any atom is -0.497 e. The lowest BCUT2D eigenvalue weighted by atomic mass is 10.2. The molecule has 4 aromatic rings. The molecule has 0 aliphatic rings. The fraction of sp³-hybridized carbons (Fsp3) is 0.150. The highest BCUT2D eigenvalue weighted by atomic mass is 35.5. The number of halogens is 2. The summed E-state index contributed by atoms with van der Waals surface area (Å²) in [4.78, 5) is 11.9. The number of fused-ring (bicyclic) bond motifs is 1. The van der Waals surface area contributed by atoms with E-state index in [0.29, 0.717) is 34.4 Å². The second-order valence-electron chi connectivity index (χ2n) is 6.34. The normalized spacial score (nSPS) is 10.9. The van der Waals surface area contributed by atoms with Crippen LogP contribution < -0.4 is 19.8 Å². The van der Waals surface area contributed by atoms with Gasteiger partial charge in [-0.25, -0.2) is 9.78 Å². The standard InChI is InChI=1S/C20H16Cl2N4O4/c1-26-20(13-9-23-24-19(27)18(13)25-26)30-17-8-16(14(21)7-15(17)22)29-10-11-3-5-12(28-2)6-4-11/h3-9H,10H2,1-2H3,(H,24,27). The summed E-state index contributed by atoms with van der Waals surface area (Å²) in [7, 11) is 3.26. The fourth-order valence-corrected chi connectivity index (χ4v) is 3.30. The number of nitrogens with zero attached hydrogens (tertiary/aromatic N) is 3. The average Bonchev–Trinajstić information content (AvgIpc) is 3.06. The lowest BCUT2D eigenvalue weighted by Gasteiger charge is -2.13. The van der Waals surface area contributed by atoms with Crippen LogP contribution in [0.5, 0.6) is 23.1 Å². The zero-order valence-electron chi connectivity index (χ0n) is 16.0. The Bertz CT molecular complexity index is 1270. The number of hydrogen-bond donors (Lipinski definition) is 1. The molecule has 154 valence electrons. The number of methoxy groups -OCH3 is 1. The number of aromatic amines is 1. The lowest BCUT2D eigenvalue weighted by Crippen LogP contribution is -2.07. The Hall–Kier alpha value is -3.23. The molecule has 2 heterocycles. The van der Waals surface area contributed by atoms with Crippen LogP contribution in [0.3, 0.4) is 0 Å². The van der Waals surface area contributed by atoms with Gasteiger partial charge in [0.15, 0.2) is 11.3 Å². The quantitative estimate of drug-likeness (QED) is 0.473. The summed E-state index contributed by atoms with van der Waals surface area (Å²) in [5, 5.41) is 11.4. The topological polar surface area (TPSA) is 91.3 Å². The van der Waals surface area contributed by atoms with E-state index in [1.165, 1.54) is 16.9 Å². The van der Waals surface area contributed by atoms with Crippen LogP contribution >= 0.6 is 23.2 Å². The summed E-state index contributed by atoms with van der Waals surface area (Å²) >= 11 is 12.6. The Morgan fingerprint density at radius 1 is 1.10 bits per heavy atom. The van der Waals surface area contributed by atoms with Crippen LogP contribution in [-0.4, -0.2) is 27.1 Å². The van der Waals surface area contributed by atoms with Gasteiger partial charge in [-0.1, -0.05) is 35.3 Å². The number of nitrogens with one attached hydrogen (secondary N) is 1. The summed E-state index contributed by atoms with van der Waals surface area (Å²) in [6, 6.07) is 10.6. The van der Waals surface area contributed by atoms with E-state index in [-0.39, 0.29) is 10.5 Å². The summed E-state index contributed by atoms with van der Waals surface area (Å²) in [6.45, 7) is 0.290. The minimum absolute atomic E-state index is 0.212. The maximum atomic E-state index is 11.9. The predicted molar refractivity (Wildman–Crippen MR) is 113 cm³/mol. The molecule has 0 unspecified atom stereocenters. The van der Waals surface area contributed by atoms with Gasteiger partial charge in [-0.05, 0) is 23.8 Å². The monoisotopic (exact) mass is 446 g/mol. The van der Waals surface area contributed by atoms with Crippen LogP contribution in [0.1, 0.15) is 5.56 Å². The largest absolute Gasteiger partial charge is 0.497 e. The lowest BCUT2D eigenvalue weighted by molar-refractivity contribution is 0.304. The van der Waals surface area contributed by atoms with E-state index in [2.05, 4.69) is 15.3 Å². The van der Waals surface area contributed by atoms with Crippen molar-refractivity contribution < 1.29 is 14.2 Å².